The fourth-order valence-corrected chi connectivity index (χ4v) is 1.31. The maximum Gasteiger partial charge on any atom is 0.149 e. The van der Waals surface area contributed by atoms with E-state index in [1.54, 1.807) is 6.92 Å². The van der Waals surface area contributed by atoms with E-state index in [-0.39, 0.29) is 11.8 Å². The van der Waals surface area contributed by atoms with Gasteiger partial charge in [0.1, 0.15) is 5.78 Å². The average Bonchev–Trinajstić information content (AvgIpc) is 2.10. The molecule has 1 atom stereocenters. The van der Waals surface area contributed by atoms with Crippen LogP contribution in [0.5, 0.6) is 0 Å². The van der Waals surface area contributed by atoms with Crippen LogP contribution in [-0.4, -0.2) is 11.8 Å². The molecule has 0 spiro atoms. The highest BCUT2D eigenvalue weighted by Gasteiger charge is 2.05. The smallest absolute Gasteiger partial charge is 0.149 e. The number of carbonyl (C=O) groups excluding carboxylic acids is 1. The van der Waals surface area contributed by atoms with E-state index in [0.29, 0.717) is 6.42 Å². The van der Waals surface area contributed by atoms with E-state index in [1.165, 1.54) is 32.1 Å². The van der Waals surface area contributed by atoms with Crippen molar-refractivity contribution in [3.8, 4) is 0 Å². The van der Waals surface area contributed by atoms with Gasteiger partial charge in [0.25, 0.3) is 0 Å². The minimum Gasteiger partial charge on any atom is -0.322 e. The summed E-state index contributed by atoms with van der Waals surface area (Å²) in [4.78, 5) is 11.1. The van der Waals surface area contributed by atoms with E-state index in [1.807, 2.05) is 0 Å². The second kappa shape index (κ2) is 8.24. The van der Waals surface area contributed by atoms with E-state index in [9.17, 15) is 4.79 Å². The van der Waals surface area contributed by atoms with Gasteiger partial charge in [0, 0.05) is 6.42 Å². The number of ketones is 1. The molecular formula is C11H23NO. The van der Waals surface area contributed by atoms with Crippen molar-refractivity contribution in [1.82, 2.24) is 0 Å². The van der Waals surface area contributed by atoms with Crippen LogP contribution in [0.4, 0.5) is 0 Å². The maximum atomic E-state index is 11.1. The van der Waals surface area contributed by atoms with Crippen LogP contribution in [0.25, 0.3) is 0 Å². The molecule has 13 heavy (non-hydrogen) atoms. The molecule has 1 unspecified atom stereocenters. The number of rotatable bonds is 8. The first kappa shape index (κ1) is 12.6. The van der Waals surface area contributed by atoms with Gasteiger partial charge in [0.2, 0.25) is 0 Å². The van der Waals surface area contributed by atoms with E-state index in [0.717, 1.165) is 6.42 Å². The molecule has 0 aliphatic carbocycles. The van der Waals surface area contributed by atoms with Crippen molar-refractivity contribution >= 4 is 5.78 Å². The van der Waals surface area contributed by atoms with Gasteiger partial charge in [-0.2, -0.15) is 0 Å². The van der Waals surface area contributed by atoms with Crippen LogP contribution < -0.4 is 5.73 Å². The van der Waals surface area contributed by atoms with E-state index < -0.39 is 0 Å². The highest BCUT2D eigenvalue weighted by molar-refractivity contribution is 5.83. The molecule has 0 rings (SSSR count). The minimum atomic E-state index is -0.268. The SMILES string of the molecule is CCCCCCCCC(=O)C(C)N. The lowest BCUT2D eigenvalue weighted by Gasteiger charge is -2.03. The molecule has 2 nitrogen and oxygen atoms in total. The lowest BCUT2D eigenvalue weighted by Crippen LogP contribution is -2.26. The Morgan fingerprint density at radius 2 is 1.69 bits per heavy atom. The third-order valence-corrected chi connectivity index (χ3v) is 2.28. The molecule has 0 heterocycles. The number of Topliss-reactive ketones (excluding diaryl/α,β-unsaturated/α-hetero) is 1. The zero-order valence-electron chi connectivity index (χ0n) is 9.01. The summed E-state index contributed by atoms with van der Waals surface area (Å²) in [6, 6.07) is -0.268. The number of carbonyl (C=O) groups is 1. The minimum absolute atomic E-state index is 0.204. The summed E-state index contributed by atoms with van der Waals surface area (Å²) >= 11 is 0. The summed E-state index contributed by atoms with van der Waals surface area (Å²) in [5.74, 6) is 0.204. The van der Waals surface area contributed by atoms with Gasteiger partial charge in [-0.25, -0.2) is 0 Å². The molecule has 0 saturated heterocycles. The number of hydrogen-bond donors (Lipinski definition) is 1. The first-order chi connectivity index (χ1) is 6.18. The van der Waals surface area contributed by atoms with E-state index >= 15 is 0 Å². The van der Waals surface area contributed by atoms with Crippen molar-refractivity contribution in [3.63, 3.8) is 0 Å². The van der Waals surface area contributed by atoms with Crippen molar-refractivity contribution in [2.45, 2.75) is 64.8 Å². The van der Waals surface area contributed by atoms with Gasteiger partial charge in [-0.05, 0) is 13.3 Å². The zero-order chi connectivity index (χ0) is 10.1. The lowest BCUT2D eigenvalue weighted by atomic mass is 10.1. The molecule has 0 fully saturated rings. The summed E-state index contributed by atoms with van der Waals surface area (Å²) in [6.07, 6.45) is 8.04. The first-order valence-corrected chi connectivity index (χ1v) is 5.46. The Kier molecular flexibility index (Phi) is 8.00. The monoisotopic (exact) mass is 185 g/mol. The van der Waals surface area contributed by atoms with Crippen molar-refractivity contribution in [3.05, 3.63) is 0 Å². The summed E-state index contributed by atoms with van der Waals surface area (Å²) in [7, 11) is 0. The van der Waals surface area contributed by atoms with Crippen molar-refractivity contribution in [2.24, 2.45) is 5.73 Å². The van der Waals surface area contributed by atoms with Gasteiger partial charge in [-0.15, -0.1) is 0 Å². The normalized spacial score (nSPS) is 12.8. The summed E-state index contributed by atoms with van der Waals surface area (Å²) in [5.41, 5.74) is 5.45. The van der Waals surface area contributed by atoms with Crippen LogP contribution in [0.1, 0.15) is 58.8 Å². The molecule has 0 bridgehead atoms. The van der Waals surface area contributed by atoms with Gasteiger partial charge in [0.05, 0.1) is 6.04 Å². The molecule has 0 saturated carbocycles. The number of nitrogens with two attached hydrogens (primary N) is 1. The van der Waals surface area contributed by atoms with Crippen LogP contribution in [0.2, 0.25) is 0 Å². The van der Waals surface area contributed by atoms with Crippen molar-refractivity contribution in [2.75, 3.05) is 0 Å². The van der Waals surface area contributed by atoms with Crippen molar-refractivity contribution in [1.29, 1.82) is 0 Å². The Bertz CT molecular complexity index is 132. The Morgan fingerprint density at radius 3 is 2.23 bits per heavy atom. The Labute approximate surface area is 81.9 Å². The fraction of sp³-hybridized carbons (Fsp3) is 0.909. The van der Waals surface area contributed by atoms with Crippen LogP contribution >= 0.6 is 0 Å². The third-order valence-electron chi connectivity index (χ3n) is 2.28. The van der Waals surface area contributed by atoms with Crippen LogP contribution in [0.3, 0.4) is 0 Å². The van der Waals surface area contributed by atoms with E-state index in [2.05, 4.69) is 6.92 Å². The molecule has 78 valence electrons. The second-order valence-electron chi connectivity index (χ2n) is 3.77. The van der Waals surface area contributed by atoms with Gasteiger partial charge >= 0.3 is 0 Å². The predicted molar refractivity (Wildman–Crippen MR) is 56.6 cm³/mol. The molecule has 0 aromatic rings. The lowest BCUT2D eigenvalue weighted by molar-refractivity contribution is -0.120. The highest BCUT2D eigenvalue weighted by atomic mass is 16.1. The zero-order valence-corrected chi connectivity index (χ0v) is 9.01. The largest absolute Gasteiger partial charge is 0.322 e. The molecule has 0 amide bonds. The second-order valence-corrected chi connectivity index (χ2v) is 3.77. The average molecular weight is 185 g/mol. The summed E-state index contributed by atoms with van der Waals surface area (Å²) < 4.78 is 0. The summed E-state index contributed by atoms with van der Waals surface area (Å²) in [6.45, 7) is 3.97. The molecule has 0 aromatic heterocycles. The molecule has 2 N–H and O–H groups in total. The Balaban J connectivity index is 3.12. The molecule has 0 aliphatic heterocycles. The van der Waals surface area contributed by atoms with Gasteiger partial charge < -0.3 is 5.73 Å². The van der Waals surface area contributed by atoms with Gasteiger partial charge in [-0.1, -0.05) is 39.0 Å². The topological polar surface area (TPSA) is 43.1 Å². The highest BCUT2D eigenvalue weighted by Crippen LogP contribution is 2.07. The van der Waals surface area contributed by atoms with Crippen LogP contribution in [0.15, 0.2) is 0 Å². The third kappa shape index (κ3) is 7.97. The van der Waals surface area contributed by atoms with Crippen molar-refractivity contribution < 1.29 is 4.79 Å². The molecule has 2 heteroatoms. The quantitative estimate of drug-likeness (QED) is 0.591. The first-order valence-electron chi connectivity index (χ1n) is 5.46. The van der Waals surface area contributed by atoms with E-state index in [4.69, 9.17) is 5.73 Å². The van der Waals surface area contributed by atoms with Crippen LogP contribution in [0, 0.1) is 0 Å². The van der Waals surface area contributed by atoms with Crippen LogP contribution in [-0.2, 0) is 4.79 Å². The fourth-order valence-electron chi connectivity index (χ4n) is 1.31. The predicted octanol–water partition coefficient (Wildman–Crippen LogP) is 2.65. The maximum absolute atomic E-state index is 11.1. The molecule has 0 aliphatic rings. The molecular weight excluding hydrogens is 162 g/mol. The standard InChI is InChI=1S/C11H23NO/c1-3-4-5-6-7-8-9-11(13)10(2)12/h10H,3-9,12H2,1-2H3. The van der Waals surface area contributed by atoms with Gasteiger partial charge in [0.15, 0.2) is 0 Å². The summed E-state index contributed by atoms with van der Waals surface area (Å²) in [5, 5.41) is 0. The Hall–Kier alpha value is -0.370. The molecule has 0 radical (unpaired) electrons. The number of unbranched alkanes of at least 4 members (excludes halogenated alkanes) is 5. The Morgan fingerprint density at radius 1 is 1.15 bits per heavy atom. The number of hydrogen-bond acceptors (Lipinski definition) is 2. The molecule has 0 aromatic carbocycles. The van der Waals surface area contributed by atoms with Gasteiger partial charge in [-0.3, -0.25) is 4.79 Å².